The number of anilines is 1. The number of unbranched alkanes of at least 4 members (excludes halogenated alkanes) is 2. The highest BCUT2D eigenvalue weighted by Gasteiger charge is 2.27. The molecule has 0 bridgehead atoms. The van der Waals surface area contributed by atoms with Gasteiger partial charge in [0.15, 0.2) is 5.82 Å². The lowest BCUT2D eigenvalue weighted by Gasteiger charge is -2.26. The van der Waals surface area contributed by atoms with Gasteiger partial charge in [-0.1, -0.05) is 13.3 Å². The Labute approximate surface area is 186 Å². The Balaban J connectivity index is 1.94. The zero-order valence-corrected chi connectivity index (χ0v) is 19.9. The fourth-order valence-corrected chi connectivity index (χ4v) is 5.08. The average molecular weight is 452 g/mol. The molecule has 174 valence electrons. The zero-order chi connectivity index (χ0) is 22.4. The number of hydrogen-bond acceptors (Lipinski definition) is 6. The first-order chi connectivity index (χ1) is 14.9. The minimum absolute atomic E-state index is 0.372. The first-order valence-corrected chi connectivity index (χ1v) is 13.4. The molecule has 8 nitrogen and oxygen atoms in total. The van der Waals surface area contributed by atoms with E-state index in [1.807, 2.05) is 0 Å². The Morgan fingerprint density at radius 3 is 2.77 bits per heavy atom. The van der Waals surface area contributed by atoms with Crippen molar-refractivity contribution < 1.29 is 13.2 Å². The van der Waals surface area contributed by atoms with Gasteiger partial charge in [-0.15, -0.1) is 0 Å². The minimum atomic E-state index is -3.15. The van der Waals surface area contributed by atoms with Crippen molar-refractivity contribution in [2.75, 3.05) is 32.3 Å². The van der Waals surface area contributed by atoms with Gasteiger partial charge in [-0.2, -0.15) is 0 Å². The molecule has 0 radical (unpaired) electrons. The Hall–Kier alpha value is -1.71. The van der Waals surface area contributed by atoms with Crippen LogP contribution >= 0.6 is 0 Å². The van der Waals surface area contributed by atoms with Crippen LogP contribution in [0.2, 0.25) is 0 Å². The minimum Gasteiger partial charge on any atom is -0.385 e. The van der Waals surface area contributed by atoms with Gasteiger partial charge in [0.1, 0.15) is 11.3 Å². The van der Waals surface area contributed by atoms with E-state index in [-0.39, 0.29) is 0 Å². The van der Waals surface area contributed by atoms with Crippen LogP contribution in [0, 0.1) is 0 Å². The lowest BCUT2D eigenvalue weighted by Crippen LogP contribution is -2.23. The summed E-state index contributed by atoms with van der Waals surface area (Å²) >= 11 is 0. The van der Waals surface area contributed by atoms with Gasteiger partial charge in [0.25, 0.3) is 0 Å². The van der Waals surface area contributed by atoms with Gasteiger partial charge in [0, 0.05) is 44.7 Å². The predicted octanol–water partition coefficient (Wildman–Crippen LogP) is 3.14. The van der Waals surface area contributed by atoms with Crippen molar-refractivity contribution in [1.29, 1.82) is 0 Å². The first kappa shape index (κ1) is 23.9. The van der Waals surface area contributed by atoms with Crippen LogP contribution in [-0.2, 0) is 34.1 Å². The van der Waals surface area contributed by atoms with Crippen molar-refractivity contribution in [3.63, 3.8) is 0 Å². The molecule has 0 aromatic carbocycles. The lowest BCUT2D eigenvalue weighted by molar-refractivity contribution is 0.184. The molecule has 2 heterocycles. The number of nitrogen functional groups attached to an aromatic ring is 1. The summed E-state index contributed by atoms with van der Waals surface area (Å²) in [6, 6.07) is 0. The molecule has 1 aliphatic carbocycles. The number of aromatic nitrogens is 3. The van der Waals surface area contributed by atoms with Crippen LogP contribution in [0.25, 0.3) is 11.0 Å². The van der Waals surface area contributed by atoms with Crippen molar-refractivity contribution in [2.24, 2.45) is 0 Å². The summed E-state index contributed by atoms with van der Waals surface area (Å²) in [6.07, 6.45) is 10.1. The number of methoxy groups -OCH3 is 1. The molecular weight excluding hydrogens is 414 g/mol. The van der Waals surface area contributed by atoms with Crippen LogP contribution in [0.5, 0.6) is 0 Å². The van der Waals surface area contributed by atoms with Gasteiger partial charge >= 0.3 is 0 Å². The van der Waals surface area contributed by atoms with Gasteiger partial charge in [-0.05, 0) is 44.9 Å². The van der Waals surface area contributed by atoms with E-state index in [4.69, 9.17) is 20.4 Å². The Kier molecular flexibility index (Phi) is 8.30. The van der Waals surface area contributed by atoms with Gasteiger partial charge in [-0.3, -0.25) is 0 Å². The van der Waals surface area contributed by atoms with E-state index in [1.54, 1.807) is 7.11 Å². The average Bonchev–Trinajstić information content (AvgIpc) is 3.09. The number of ether oxygens (including phenoxy) is 1. The molecule has 3 N–H and O–H groups in total. The molecule has 31 heavy (non-hydrogen) atoms. The Morgan fingerprint density at radius 1 is 1.26 bits per heavy atom. The number of pyridine rings is 1. The van der Waals surface area contributed by atoms with Crippen molar-refractivity contribution in [2.45, 2.75) is 77.2 Å². The highest BCUT2D eigenvalue weighted by molar-refractivity contribution is 7.88. The van der Waals surface area contributed by atoms with Crippen molar-refractivity contribution in [3.8, 4) is 0 Å². The Morgan fingerprint density at radius 2 is 2.06 bits per heavy atom. The van der Waals surface area contributed by atoms with E-state index in [9.17, 15) is 8.42 Å². The van der Waals surface area contributed by atoms with Gasteiger partial charge in [-0.25, -0.2) is 23.1 Å². The zero-order valence-electron chi connectivity index (χ0n) is 19.1. The largest absolute Gasteiger partial charge is 0.385 e. The number of hydrogen-bond donors (Lipinski definition) is 2. The van der Waals surface area contributed by atoms with Gasteiger partial charge in [0.2, 0.25) is 10.0 Å². The predicted molar refractivity (Wildman–Crippen MR) is 125 cm³/mol. The summed E-state index contributed by atoms with van der Waals surface area (Å²) in [6.45, 7) is 4.16. The van der Waals surface area contributed by atoms with Crippen molar-refractivity contribution in [1.82, 2.24) is 19.3 Å². The highest BCUT2D eigenvalue weighted by Crippen LogP contribution is 2.38. The highest BCUT2D eigenvalue weighted by atomic mass is 32.2. The molecule has 2 aromatic heterocycles. The number of imidazole rings is 1. The first-order valence-electron chi connectivity index (χ1n) is 11.5. The molecule has 1 atom stereocenters. The smallest absolute Gasteiger partial charge is 0.208 e. The van der Waals surface area contributed by atoms with E-state index >= 15 is 0 Å². The second-order valence-corrected chi connectivity index (χ2v) is 10.4. The van der Waals surface area contributed by atoms with Crippen LogP contribution in [-0.4, -0.2) is 49.5 Å². The van der Waals surface area contributed by atoms with E-state index in [0.717, 1.165) is 93.5 Å². The number of nitrogens with two attached hydrogens (primary N) is 1. The maximum absolute atomic E-state index is 11.3. The maximum Gasteiger partial charge on any atom is 0.208 e. The third kappa shape index (κ3) is 5.96. The fourth-order valence-electron chi connectivity index (χ4n) is 4.56. The number of aryl methyl sites for hydroxylation is 3. The monoisotopic (exact) mass is 451 g/mol. The second-order valence-electron chi connectivity index (χ2n) is 8.59. The standard InChI is InChI=1S/C22H37N5O3S/c1-4-5-11-18-25-20-21(27(18)14-7-6-13-24-31(3,28)29)17-10-8-9-16(12-15-30-2)19(17)26-22(20)23/h16,24H,4-15H2,1-3H3,(H2,23,26). The molecule has 1 aliphatic rings. The van der Waals surface area contributed by atoms with E-state index in [2.05, 4.69) is 16.2 Å². The van der Waals surface area contributed by atoms with Gasteiger partial charge in [0.05, 0.1) is 17.5 Å². The van der Waals surface area contributed by atoms with Crippen LogP contribution in [0.15, 0.2) is 0 Å². The van der Waals surface area contributed by atoms with Crippen molar-refractivity contribution >= 4 is 26.9 Å². The molecular formula is C22H37N5O3S. The van der Waals surface area contributed by atoms with Gasteiger partial charge < -0.3 is 15.0 Å². The molecule has 0 fully saturated rings. The lowest BCUT2D eigenvalue weighted by atomic mass is 9.84. The third-order valence-corrected chi connectivity index (χ3v) is 6.82. The summed E-state index contributed by atoms with van der Waals surface area (Å²) in [5.41, 5.74) is 10.8. The quantitative estimate of drug-likeness (QED) is 0.480. The summed E-state index contributed by atoms with van der Waals surface area (Å²) in [5.74, 6) is 1.96. The maximum atomic E-state index is 11.3. The summed E-state index contributed by atoms with van der Waals surface area (Å²) in [5, 5.41) is 0. The molecule has 0 saturated heterocycles. The number of nitrogens with one attached hydrogen (secondary N) is 1. The second kappa shape index (κ2) is 10.7. The molecule has 0 aliphatic heterocycles. The van der Waals surface area contributed by atoms with Crippen LogP contribution in [0.3, 0.4) is 0 Å². The summed E-state index contributed by atoms with van der Waals surface area (Å²) in [4.78, 5) is 9.74. The molecule has 3 rings (SSSR count). The topological polar surface area (TPSA) is 112 Å². The molecule has 2 aromatic rings. The van der Waals surface area contributed by atoms with Crippen LogP contribution in [0.1, 0.15) is 74.9 Å². The van der Waals surface area contributed by atoms with Crippen molar-refractivity contribution in [3.05, 3.63) is 17.1 Å². The number of fused-ring (bicyclic) bond motifs is 3. The third-order valence-electron chi connectivity index (χ3n) is 6.09. The summed E-state index contributed by atoms with van der Waals surface area (Å²) < 4.78 is 32.9. The number of sulfonamides is 1. The summed E-state index contributed by atoms with van der Waals surface area (Å²) in [7, 11) is -1.41. The number of nitrogens with zero attached hydrogens (tertiary/aromatic N) is 3. The van der Waals surface area contributed by atoms with E-state index in [1.165, 1.54) is 11.8 Å². The normalized spacial score (nSPS) is 16.7. The molecule has 0 spiro atoms. The van der Waals surface area contributed by atoms with E-state index in [0.29, 0.717) is 18.3 Å². The van der Waals surface area contributed by atoms with Crippen LogP contribution in [0.4, 0.5) is 5.82 Å². The number of rotatable bonds is 12. The SMILES string of the molecule is CCCCc1nc2c(N)nc3c(c2n1CCCCNS(C)(=O)=O)CCCC3CCOC. The molecule has 0 amide bonds. The van der Waals surface area contributed by atoms with E-state index < -0.39 is 10.0 Å². The molecule has 0 saturated carbocycles. The van der Waals surface area contributed by atoms with Crippen LogP contribution < -0.4 is 10.5 Å². The Bertz CT molecular complexity index is 987. The molecule has 1 unspecified atom stereocenters. The fraction of sp³-hybridized carbons (Fsp3) is 0.727. The molecule has 9 heteroatoms.